The van der Waals surface area contributed by atoms with Crippen LogP contribution in [0.3, 0.4) is 0 Å². The number of hydrogen-bond donors (Lipinski definition) is 1. The first kappa shape index (κ1) is 33.6. The van der Waals surface area contributed by atoms with Crippen molar-refractivity contribution in [1.29, 1.82) is 0 Å². The summed E-state index contributed by atoms with van der Waals surface area (Å²) in [5.74, 6) is -1.07. The highest BCUT2D eigenvalue weighted by Crippen LogP contribution is 2.29. The maximum atomic E-state index is 13.8. The highest BCUT2D eigenvalue weighted by Gasteiger charge is 2.26. The van der Waals surface area contributed by atoms with Gasteiger partial charge < -0.3 is 0 Å². The van der Waals surface area contributed by atoms with Crippen molar-refractivity contribution in [2.75, 3.05) is 4.53 Å². The molecule has 0 radical (unpaired) electrons. The highest BCUT2D eigenvalue weighted by molar-refractivity contribution is 7.90. The summed E-state index contributed by atoms with van der Waals surface area (Å²) < 4.78 is 31.8. The predicted octanol–water partition coefficient (Wildman–Crippen LogP) is 5.74. The molecule has 0 fully saturated rings. The van der Waals surface area contributed by atoms with Gasteiger partial charge in [0.15, 0.2) is 0 Å². The number of halogens is 2. The number of sulfonamides is 1. The van der Waals surface area contributed by atoms with Gasteiger partial charge >= 0.3 is 5.69 Å². The van der Waals surface area contributed by atoms with Crippen LogP contribution in [0.1, 0.15) is 47.1 Å². The van der Waals surface area contributed by atoms with Gasteiger partial charge in [-0.2, -0.15) is 0 Å². The predicted molar refractivity (Wildman–Crippen MR) is 181 cm³/mol. The maximum Gasteiger partial charge on any atom is 0.367 e. The second-order valence-corrected chi connectivity index (χ2v) is 13.1. The third-order valence-electron chi connectivity index (χ3n) is 7.35. The number of aryl methyl sites for hydroxylation is 1. The van der Waals surface area contributed by atoms with Crippen LogP contribution in [0.2, 0.25) is 5.02 Å². The smallest absolute Gasteiger partial charge is 0.273 e. The number of aromatic nitrogens is 3. The molecule has 0 spiro atoms. The van der Waals surface area contributed by atoms with Crippen LogP contribution in [0.15, 0.2) is 113 Å². The molecule has 0 aliphatic rings. The van der Waals surface area contributed by atoms with Gasteiger partial charge in [-0.05, 0) is 41.3 Å². The summed E-state index contributed by atoms with van der Waals surface area (Å²) in [4.78, 5) is 40.3. The maximum absolute atomic E-state index is 13.8. The minimum Gasteiger partial charge on any atom is -0.273 e. The number of nitrogens with zero attached hydrogens (tertiary/aromatic N) is 4. The summed E-state index contributed by atoms with van der Waals surface area (Å²) in [5, 5.41) is 4.48. The Labute approximate surface area is 282 Å². The molecule has 10 nitrogen and oxygen atoms in total. The van der Waals surface area contributed by atoms with Crippen LogP contribution in [-0.4, -0.2) is 34.7 Å². The van der Waals surface area contributed by atoms with Crippen molar-refractivity contribution >= 4 is 45.2 Å². The number of hydrogen-bond acceptors (Lipinski definition) is 6. The first-order chi connectivity index (χ1) is 22.6. The molecular formula is C34H31Cl2N5O5S. The van der Waals surface area contributed by atoms with Crippen LogP contribution in [0.5, 0.6) is 0 Å². The summed E-state index contributed by atoms with van der Waals surface area (Å²) in [6, 6.07) is 28.7. The molecule has 13 heteroatoms. The monoisotopic (exact) mass is 691 g/mol. The summed E-state index contributed by atoms with van der Waals surface area (Å²) >= 11 is 12.5. The van der Waals surface area contributed by atoms with Crippen molar-refractivity contribution in [2.45, 2.75) is 44.0 Å². The van der Waals surface area contributed by atoms with Crippen molar-refractivity contribution in [3.8, 4) is 11.1 Å². The number of rotatable bonds is 12. The second-order valence-electron chi connectivity index (χ2n) is 10.7. The van der Waals surface area contributed by atoms with E-state index in [4.69, 9.17) is 23.4 Å². The molecule has 4 aromatic carbocycles. The Morgan fingerprint density at radius 3 is 2.23 bits per heavy atom. The molecule has 0 bridgehead atoms. The summed E-state index contributed by atoms with van der Waals surface area (Å²) in [7, 11) is -4.44. The number of carbonyl (C=O) groups excluding carboxylic acids is 2. The quantitative estimate of drug-likeness (QED) is 0.167. The lowest BCUT2D eigenvalue weighted by molar-refractivity contribution is -0.118. The number of carbonyl (C=O) groups is 2. The Bertz CT molecular complexity index is 2070. The van der Waals surface area contributed by atoms with E-state index >= 15 is 0 Å². The van der Waals surface area contributed by atoms with E-state index in [2.05, 4.69) is 9.82 Å². The molecule has 1 heterocycles. The Hall–Kier alpha value is -4.71. The van der Waals surface area contributed by atoms with Gasteiger partial charge in [0.25, 0.3) is 21.8 Å². The summed E-state index contributed by atoms with van der Waals surface area (Å²) in [6.07, 6.45) is 1.89. The average molecular weight is 693 g/mol. The second kappa shape index (κ2) is 14.8. The van der Waals surface area contributed by atoms with Crippen LogP contribution in [-0.2, 0) is 34.2 Å². The minimum absolute atomic E-state index is 0.00197. The van der Waals surface area contributed by atoms with E-state index in [0.717, 1.165) is 16.8 Å². The van der Waals surface area contributed by atoms with Crippen molar-refractivity contribution in [1.82, 2.24) is 19.2 Å². The summed E-state index contributed by atoms with van der Waals surface area (Å²) in [6.45, 7) is 1.92. The van der Waals surface area contributed by atoms with Crippen LogP contribution in [0.4, 0.5) is 0 Å². The third-order valence-corrected chi connectivity index (χ3v) is 9.39. The molecule has 2 amide bonds. The Morgan fingerprint density at radius 1 is 0.894 bits per heavy atom. The van der Waals surface area contributed by atoms with Crippen molar-refractivity contribution < 1.29 is 18.0 Å². The highest BCUT2D eigenvalue weighted by atomic mass is 35.5. The molecular weight excluding hydrogens is 661 g/mol. The number of nitrogens with one attached hydrogen (secondary N) is 1. The van der Waals surface area contributed by atoms with Gasteiger partial charge in [0.1, 0.15) is 5.82 Å². The van der Waals surface area contributed by atoms with E-state index < -0.39 is 27.5 Å². The van der Waals surface area contributed by atoms with E-state index in [1.165, 1.54) is 22.8 Å². The third kappa shape index (κ3) is 7.82. The van der Waals surface area contributed by atoms with Gasteiger partial charge in [0.2, 0.25) is 0 Å². The van der Waals surface area contributed by atoms with Crippen molar-refractivity contribution in [3.05, 3.63) is 141 Å². The number of benzene rings is 4. The lowest BCUT2D eigenvalue weighted by atomic mass is 10.0. The Kier molecular flexibility index (Phi) is 10.6. The molecule has 5 rings (SSSR count). The fraction of sp³-hybridized carbons (Fsp3) is 0.176. The fourth-order valence-corrected chi connectivity index (χ4v) is 6.59. The molecule has 0 saturated heterocycles. The minimum atomic E-state index is -4.44. The SMILES string of the molecule is CCCCc1nn(N(Cl)C(=O)Cc2ccccc2)c(=O)n1Cc1ccc(-c2ccccc2)c(S(=O)(=O)NC(=O)c2ccccc2Cl)c1. The fourth-order valence-electron chi connectivity index (χ4n) is 4.96. The van der Waals surface area contributed by atoms with Crippen LogP contribution < -0.4 is 14.9 Å². The molecule has 1 N–H and O–H groups in total. The van der Waals surface area contributed by atoms with Gasteiger partial charge in [0.05, 0.1) is 28.4 Å². The van der Waals surface area contributed by atoms with E-state index in [9.17, 15) is 22.8 Å². The van der Waals surface area contributed by atoms with Gasteiger partial charge in [-0.25, -0.2) is 17.9 Å². The number of unbranched alkanes of at least 4 members (excludes halogenated alkanes) is 1. The number of amides is 2. The van der Waals surface area contributed by atoms with Gasteiger partial charge in [-0.15, -0.1) is 9.63 Å². The Morgan fingerprint density at radius 2 is 1.55 bits per heavy atom. The van der Waals surface area contributed by atoms with E-state index in [-0.39, 0.29) is 28.4 Å². The van der Waals surface area contributed by atoms with Gasteiger partial charge in [0, 0.05) is 23.8 Å². The van der Waals surface area contributed by atoms with E-state index in [0.29, 0.717) is 39.9 Å². The molecule has 0 atom stereocenters. The first-order valence-corrected chi connectivity index (χ1v) is 17.0. The van der Waals surface area contributed by atoms with Crippen molar-refractivity contribution in [2.24, 2.45) is 0 Å². The van der Waals surface area contributed by atoms with Crippen LogP contribution in [0, 0.1) is 0 Å². The van der Waals surface area contributed by atoms with Crippen LogP contribution >= 0.6 is 23.4 Å². The molecule has 5 aromatic rings. The lowest BCUT2D eigenvalue weighted by Gasteiger charge is -2.15. The standard InChI is InChI=1S/C34H31Cl2N5O5S/c1-2-3-18-31-37-41(40(36)32(42)22-24-12-6-4-7-13-24)34(44)39(31)23-25-19-20-27(26-14-8-5-9-15-26)30(21-25)47(45,46)38-33(43)28-16-10-11-17-29(28)35/h4-17,19-21H,2-3,18,22-23H2,1H3,(H,38,43). The van der Waals surface area contributed by atoms with Gasteiger partial charge in [-0.1, -0.05) is 115 Å². The van der Waals surface area contributed by atoms with E-state index in [1.807, 2.05) is 13.0 Å². The molecule has 0 aliphatic heterocycles. The molecule has 0 saturated carbocycles. The zero-order valence-electron chi connectivity index (χ0n) is 25.3. The first-order valence-electron chi connectivity index (χ1n) is 14.8. The molecule has 0 aliphatic carbocycles. The normalized spacial score (nSPS) is 11.3. The van der Waals surface area contributed by atoms with Gasteiger partial charge in [-0.3, -0.25) is 14.2 Å². The molecule has 242 valence electrons. The zero-order chi connectivity index (χ0) is 33.6. The van der Waals surface area contributed by atoms with E-state index in [1.54, 1.807) is 78.9 Å². The van der Waals surface area contributed by atoms with Crippen LogP contribution in [0.25, 0.3) is 11.1 Å². The summed E-state index contributed by atoms with van der Waals surface area (Å²) in [5.41, 5.74) is 1.44. The Balaban J connectivity index is 1.52. The molecule has 0 unspecified atom stereocenters. The zero-order valence-corrected chi connectivity index (χ0v) is 27.7. The topological polar surface area (TPSA) is 123 Å². The lowest BCUT2D eigenvalue weighted by Crippen LogP contribution is -2.41. The van der Waals surface area contributed by atoms with Crippen molar-refractivity contribution in [3.63, 3.8) is 0 Å². The molecule has 47 heavy (non-hydrogen) atoms. The molecule has 1 aromatic heterocycles. The average Bonchev–Trinajstić information content (AvgIpc) is 3.38. The largest absolute Gasteiger partial charge is 0.367 e.